The van der Waals surface area contributed by atoms with E-state index in [9.17, 15) is 13.2 Å². The first-order valence-corrected chi connectivity index (χ1v) is 7.33. The molecule has 0 unspecified atom stereocenters. The Hall–Kier alpha value is -2.32. The molecule has 0 amide bonds. The third-order valence-corrected chi connectivity index (χ3v) is 3.26. The molecule has 5 nitrogen and oxygen atoms in total. The summed E-state index contributed by atoms with van der Waals surface area (Å²) in [5.74, 6) is 0.455. The minimum Gasteiger partial charge on any atom is -0.493 e. The third kappa shape index (κ3) is 5.34. The fourth-order valence-corrected chi connectivity index (χ4v) is 2.28. The summed E-state index contributed by atoms with van der Waals surface area (Å²) < 4.78 is 57.5. The largest absolute Gasteiger partial charge is 0.573 e. The molecule has 2 aromatic rings. The SMILES string of the molecule is COc1cccc(-c2ccc(OC(F)(F)F)c(OCCN)c2)c1OC.Cl. The summed E-state index contributed by atoms with van der Waals surface area (Å²) in [6, 6.07) is 9.33. The van der Waals surface area contributed by atoms with Crippen LogP contribution in [0.2, 0.25) is 0 Å². The number of rotatable bonds is 7. The summed E-state index contributed by atoms with van der Waals surface area (Å²) in [6.45, 7) is 0.199. The second-order valence-corrected chi connectivity index (χ2v) is 4.89. The molecule has 26 heavy (non-hydrogen) atoms. The highest BCUT2D eigenvalue weighted by molar-refractivity contribution is 5.85. The van der Waals surface area contributed by atoms with E-state index in [0.29, 0.717) is 22.6 Å². The molecule has 0 atom stereocenters. The van der Waals surface area contributed by atoms with E-state index in [2.05, 4.69) is 4.74 Å². The van der Waals surface area contributed by atoms with Crippen LogP contribution in [0.15, 0.2) is 36.4 Å². The first-order valence-electron chi connectivity index (χ1n) is 7.33. The summed E-state index contributed by atoms with van der Waals surface area (Å²) in [4.78, 5) is 0. The summed E-state index contributed by atoms with van der Waals surface area (Å²) >= 11 is 0. The smallest absolute Gasteiger partial charge is 0.493 e. The Morgan fingerprint density at radius 3 is 2.27 bits per heavy atom. The number of para-hydroxylation sites is 1. The van der Waals surface area contributed by atoms with Gasteiger partial charge in [-0.25, -0.2) is 0 Å². The van der Waals surface area contributed by atoms with Crippen LogP contribution in [0.4, 0.5) is 13.2 Å². The van der Waals surface area contributed by atoms with E-state index in [1.807, 2.05) is 0 Å². The number of hydrogen-bond acceptors (Lipinski definition) is 5. The van der Waals surface area contributed by atoms with E-state index in [1.165, 1.54) is 32.4 Å². The van der Waals surface area contributed by atoms with Crippen LogP contribution >= 0.6 is 12.4 Å². The molecule has 0 bridgehead atoms. The summed E-state index contributed by atoms with van der Waals surface area (Å²) in [5, 5.41) is 0. The van der Waals surface area contributed by atoms with Crippen molar-refractivity contribution in [3.05, 3.63) is 36.4 Å². The lowest BCUT2D eigenvalue weighted by Crippen LogP contribution is -2.18. The van der Waals surface area contributed by atoms with Gasteiger partial charge in [0.1, 0.15) is 6.61 Å². The molecule has 0 aliphatic heterocycles. The summed E-state index contributed by atoms with van der Waals surface area (Å²) in [7, 11) is 2.98. The number of methoxy groups -OCH3 is 2. The molecule has 2 N–H and O–H groups in total. The highest BCUT2D eigenvalue weighted by atomic mass is 35.5. The lowest BCUT2D eigenvalue weighted by molar-refractivity contribution is -0.275. The molecule has 0 saturated carbocycles. The second kappa shape index (κ2) is 9.40. The lowest BCUT2D eigenvalue weighted by Gasteiger charge is -2.17. The van der Waals surface area contributed by atoms with Crippen molar-refractivity contribution in [2.75, 3.05) is 27.4 Å². The first-order chi connectivity index (χ1) is 11.9. The van der Waals surface area contributed by atoms with Crippen molar-refractivity contribution in [3.8, 4) is 34.1 Å². The molecule has 2 aromatic carbocycles. The number of halogens is 4. The number of ether oxygens (including phenoxy) is 4. The van der Waals surface area contributed by atoms with Crippen LogP contribution in [0.1, 0.15) is 0 Å². The Labute approximate surface area is 155 Å². The Kier molecular flexibility index (Phi) is 7.85. The van der Waals surface area contributed by atoms with Gasteiger partial charge < -0.3 is 24.7 Å². The van der Waals surface area contributed by atoms with Gasteiger partial charge in [-0.3, -0.25) is 0 Å². The molecule has 0 heterocycles. The summed E-state index contributed by atoms with van der Waals surface area (Å²) in [6.07, 6.45) is -4.82. The average molecular weight is 394 g/mol. The molecule has 144 valence electrons. The van der Waals surface area contributed by atoms with Gasteiger partial charge in [-0.05, 0) is 23.8 Å². The number of alkyl halides is 3. The Bertz CT molecular complexity index is 726. The van der Waals surface area contributed by atoms with Crippen molar-refractivity contribution in [3.63, 3.8) is 0 Å². The minimum atomic E-state index is -4.82. The van der Waals surface area contributed by atoms with Gasteiger partial charge in [0.15, 0.2) is 23.0 Å². The van der Waals surface area contributed by atoms with Crippen LogP contribution in [-0.4, -0.2) is 33.7 Å². The highest BCUT2D eigenvalue weighted by Crippen LogP contribution is 2.41. The Morgan fingerprint density at radius 1 is 0.962 bits per heavy atom. The summed E-state index contributed by atoms with van der Waals surface area (Å²) in [5.41, 5.74) is 6.58. The van der Waals surface area contributed by atoms with E-state index < -0.39 is 12.1 Å². The highest BCUT2D eigenvalue weighted by Gasteiger charge is 2.32. The zero-order valence-corrected chi connectivity index (χ0v) is 14.9. The van der Waals surface area contributed by atoms with E-state index in [0.717, 1.165) is 0 Å². The first kappa shape index (κ1) is 21.7. The topological polar surface area (TPSA) is 62.9 Å². The van der Waals surface area contributed by atoms with Gasteiger partial charge in [-0.2, -0.15) is 0 Å². The van der Waals surface area contributed by atoms with Crippen LogP contribution in [0.3, 0.4) is 0 Å². The quantitative estimate of drug-likeness (QED) is 0.769. The zero-order valence-electron chi connectivity index (χ0n) is 14.1. The maximum absolute atomic E-state index is 12.5. The van der Waals surface area contributed by atoms with Gasteiger partial charge in [-0.15, -0.1) is 25.6 Å². The molecule has 0 spiro atoms. The maximum atomic E-state index is 12.5. The van der Waals surface area contributed by atoms with E-state index in [4.69, 9.17) is 19.9 Å². The second-order valence-electron chi connectivity index (χ2n) is 4.89. The molecule has 0 saturated heterocycles. The molecule has 9 heteroatoms. The van der Waals surface area contributed by atoms with Crippen molar-refractivity contribution in [1.82, 2.24) is 0 Å². The van der Waals surface area contributed by atoms with Crippen molar-refractivity contribution >= 4 is 12.4 Å². The number of nitrogens with two attached hydrogens (primary N) is 1. The normalized spacial score (nSPS) is 10.7. The molecular weight excluding hydrogens is 375 g/mol. The van der Waals surface area contributed by atoms with Gasteiger partial charge in [0.25, 0.3) is 0 Å². The molecular formula is C17H19ClF3NO4. The van der Waals surface area contributed by atoms with Gasteiger partial charge in [0, 0.05) is 12.1 Å². The Morgan fingerprint density at radius 2 is 1.69 bits per heavy atom. The minimum absolute atomic E-state index is 0. The van der Waals surface area contributed by atoms with Crippen LogP contribution in [0.25, 0.3) is 11.1 Å². The molecule has 0 radical (unpaired) electrons. The van der Waals surface area contributed by atoms with E-state index in [-0.39, 0.29) is 31.3 Å². The number of hydrogen-bond donors (Lipinski definition) is 1. The predicted molar refractivity (Wildman–Crippen MR) is 93.5 cm³/mol. The number of benzene rings is 2. The molecule has 0 fully saturated rings. The molecule has 2 rings (SSSR count). The Balaban J connectivity index is 0.00000338. The van der Waals surface area contributed by atoms with Crippen molar-refractivity contribution in [2.45, 2.75) is 6.36 Å². The van der Waals surface area contributed by atoms with Crippen molar-refractivity contribution in [1.29, 1.82) is 0 Å². The standard InChI is InChI=1S/C17H18F3NO4.ClH/c1-22-14-5-3-4-12(16(14)23-2)11-6-7-13(25-17(18,19)20)15(10-11)24-9-8-21;/h3-7,10H,8-9,21H2,1-2H3;1H. The van der Waals surface area contributed by atoms with Gasteiger partial charge >= 0.3 is 6.36 Å². The van der Waals surface area contributed by atoms with E-state index >= 15 is 0 Å². The van der Waals surface area contributed by atoms with Crippen LogP contribution in [-0.2, 0) is 0 Å². The van der Waals surface area contributed by atoms with Crippen LogP contribution in [0.5, 0.6) is 23.0 Å². The van der Waals surface area contributed by atoms with Gasteiger partial charge in [0.2, 0.25) is 0 Å². The zero-order chi connectivity index (χ0) is 18.4. The predicted octanol–water partition coefficient (Wildman–Crippen LogP) is 4.03. The van der Waals surface area contributed by atoms with E-state index in [1.54, 1.807) is 18.2 Å². The average Bonchev–Trinajstić information content (AvgIpc) is 2.58. The van der Waals surface area contributed by atoms with Crippen molar-refractivity contribution < 1.29 is 32.1 Å². The fraction of sp³-hybridized carbons (Fsp3) is 0.294. The third-order valence-electron chi connectivity index (χ3n) is 3.26. The fourth-order valence-electron chi connectivity index (χ4n) is 2.28. The monoisotopic (exact) mass is 393 g/mol. The maximum Gasteiger partial charge on any atom is 0.573 e. The lowest BCUT2D eigenvalue weighted by atomic mass is 10.0. The van der Waals surface area contributed by atoms with Crippen LogP contribution in [0, 0.1) is 0 Å². The van der Waals surface area contributed by atoms with Crippen molar-refractivity contribution in [2.24, 2.45) is 5.73 Å². The van der Waals surface area contributed by atoms with Gasteiger partial charge in [-0.1, -0.05) is 18.2 Å². The van der Waals surface area contributed by atoms with Gasteiger partial charge in [0.05, 0.1) is 14.2 Å². The van der Waals surface area contributed by atoms with Crippen LogP contribution < -0.4 is 24.7 Å². The molecule has 0 aliphatic carbocycles. The molecule has 0 aliphatic rings. The molecule has 0 aromatic heterocycles.